The molecule has 2 rings (SSSR count). The molecule has 0 aliphatic heterocycles. The first-order valence-corrected chi connectivity index (χ1v) is 6.84. The zero-order valence-corrected chi connectivity index (χ0v) is 12.9. The van der Waals surface area contributed by atoms with Crippen LogP contribution in [0.4, 0.5) is 0 Å². The van der Waals surface area contributed by atoms with Crippen LogP contribution in [0.1, 0.15) is 52.7 Å². The van der Waals surface area contributed by atoms with Crippen molar-refractivity contribution in [2.45, 2.75) is 52.4 Å². The van der Waals surface area contributed by atoms with Gasteiger partial charge in [0.05, 0.1) is 5.69 Å². The molecule has 0 atom stereocenters. The summed E-state index contributed by atoms with van der Waals surface area (Å²) in [6.45, 7) is 13.5. The summed E-state index contributed by atoms with van der Waals surface area (Å²) in [6, 6.07) is 8.73. The van der Waals surface area contributed by atoms with Gasteiger partial charge in [-0.2, -0.15) is 5.10 Å². The fourth-order valence-electron chi connectivity index (χ4n) is 2.23. The molecule has 0 aliphatic rings. The zero-order valence-electron chi connectivity index (χ0n) is 12.9. The minimum atomic E-state index is 0.109. The van der Waals surface area contributed by atoms with Crippen LogP contribution in [-0.2, 0) is 10.8 Å². The van der Waals surface area contributed by atoms with Gasteiger partial charge < -0.3 is 0 Å². The Morgan fingerprint density at radius 3 is 2.11 bits per heavy atom. The molecule has 1 heterocycles. The van der Waals surface area contributed by atoms with Crippen molar-refractivity contribution >= 4 is 0 Å². The third kappa shape index (κ3) is 2.89. The van der Waals surface area contributed by atoms with Crippen LogP contribution >= 0.6 is 0 Å². The molecule has 0 spiro atoms. The summed E-state index contributed by atoms with van der Waals surface area (Å²) >= 11 is 0. The van der Waals surface area contributed by atoms with Gasteiger partial charge in [0.2, 0.25) is 0 Å². The second-order valence-corrected chi connectivity index (χ2v) is 7.18. The lowest BCUT2D eigenvalue weighted by atomic mass is 9.81. The Kier molecular flexibility index (Phi) is 3.29. The molecule has 0 saturated carbocycles. The number of nitrogens with zero attached hydrogens (tertiary/aromatic N) is 2. The van der Waals surface area contributed by atoms with Crippen LogP contribution in [0.2, 0.25) is 0 Å². The normalized spacial score (nSPS) is 12.7. The summed E-state index contributed by atoms with van der Waals surface area (Å²) in [5.41, 5.74) is 4.11. The maximum absolute atomic E-state index is 4.40. The van der Waals surface area contributed by atoms with Crippen molar-refractivity contribution in [1.29, 1.82) is 0 Å². The molecule has 0 fully saturated rings. The van der Waals surface area contributed by atoms with Crippen LogP contribution in [0.5, 0.6) is 0 Å². The standard InChI is InChI=1S/C17H24N2/c1-16(2,3)13-8-9-14(17(4,5)6)15(12-13)19-11-7-10-18-19/h7-12H,1-6H3. The van der Waals surface area contributed by atoms with Crippen molar-refractivity contribution in [2.24, 2.45) is 0 Å². The molecule has 19 heavy (non-hydrogen) atoms. The Morgan fingerprint density at radius 2 is 1.63 bits per heavy atom. The van der Waals surface area contributed by atoms with Gasteiger partial charge in [-0.3, -0.25) is 0 Å². The number of rotatable bonds is 1. The van der Waals surface area contributed by atoms with E-state index in [1.54, 1.807) is 0 Å². The monoisotopic (exact) mass is 256 g/mol. The summed E-state index contributed by atoms with van der Waals surface area (Å²) < 4.78 is 1.97. The lowest BCUT2D eigenvalue weighted by molar-refractivity contribution is 0.571. The van der Waals surface area contributed by atoms with E-state index in [9.17, 15) is 0 Å². The van der Waals surface area contributed by atoms with E-state index >= 15 is 0 Å². The van der Waals surface area contributed by atoms with E-state index in [2.05, 4.69) is 64.8 Å². The molecule has 0 unspecified atom stereocenters. The molecule has 1 aromatic heterocycles. The predicted octanol–water partition coefficient (Wildman–Crippen LogP) is 4.47. The molecule has 0 saturated heterocycles. The Labute approximate surface area is 116 Å². The second kappa shape index (κ2) is 4.52. The average Bonchev–Trinajstić information content (AvgIpc) is 2.79. The van der Waals surface area contributed by atoms with E-state index in [-0.39, 0.29) is 10.8 Å². The van der Waals surface area contributed by atoms with E-state index in [1.165, 1.54) is 16.8 Å². The number of hydrogen-bond donors (Lipinski definition) is 0. The van der Waals surface area contributed by atoms with Gasteiger partial charge in [-0.15, -0.1) is 0 Å². The van der Waals surface area contributed by atoms with Crippen LogP contribution in [0, 0.1) is 0 Å². The molecule has 0 radical (unpaired) electrons. The Balaban J connectivity index is 2.65. The van der Waals surface area contributed by atoms with Crippen molar-refractivity contribution in [3.63, 3.8) is 0 Å². The van der Waals surface area contributed by atoms with Gasteiger partial charge in [0.15, 0.2) is 0 Å². The van der Waals surface area contributed by atoms with Gasteiger partial charge in [-0.1, -0.05) is 53.7 Å². The topological polar surface area (TPSA) is 17.8 Å². The van der Waals surface area contributed by atoms with Gasteiger partial charge in [0.1, 0.15) is 0 Å². The number of aromatic nitrogens is 2. The fraction of sp³-hybridized carbons (Fsp3) is 0.471. The third-order valence-electron chi connectivity index (χ3n) is 3.42. The molecule has 0 aliphatic carbocycles. The molecule has 0 bridgehead atoms. The average molecular weight is 256 g/mol. The van der Waals surface area contributed by atoms with E-state index in [4.69, 9.17) is 0 Å². The Hall–Kier alpha value is -1.57. The molecular formula is C17H24N2. The molecule has 2 heteroatoms. The summed E-state index contributed by atoms with van der Waals surface area (Å²) in [6.07, 6.45) is 3.84. The minimum Gasteiger partial charge on any atom is -0.241 e. The largest absolute Gasteiger partial charge is 0.241 e. The number of benzene rings is 1. The molecule has 0 N–H and O–H groups in total. The highest BCUT2D eigenvalue weighted by Crippen LogP contribution is 2.32. The summed E-state index contributed by atoms with van der Waals surface area (Å²) in [4.78, 5) is 0. The maximum Gasteiger partial charge on any atom is 0.0685 e. The van der Waals surface area contributed by atoms with Crippen LogP contribution in [-0.4, -0.2) is 9.78 Å². The van der Waals surface area contributed by atoms with Crippen molar-refractivity contribution in [3.05, 3.63) is 47.8 Å². The van der Waals surface area contributed by atoms with E-state index in [0.29, 0.717) is 0 Å². The van der Waals surface area contributed by atoms with E-state index < -0.39 is 0 Å². The molecule has 2 nitrogen and oxygen atoms in total. The van der Waals surface area contributed by atoms with Crippen LogP contribution in [0.3, 0.4) is 0 Å². The van der Waals surface area contributed by atoms with Gasteiger partial charge in [0.25, 0.3) is 0 Å². The van der Waals surface area contributed by atoms with Gasteiger partial charge in [0, 0.05) is 12.4 Å². The van der Waals surface area contributed by atoms with Crippen molar-refractivity contribution < 1.29 is 0 Å². The quantitative estimate of drug-likeness (QED) is 0.736. The summed E-state index contributed by atoms with van der Waals surface area (Å²) in [7, 11) is 0. The molecule has 0 amide bonds. The number of hydrogen-bond acceptors (Lipinski definition) is 1. The van der Waals surface area contributed by atoms with Crippen molar-refractivity contribution in [2.75, 3.05) is 0 Å². The van der Waals surface area contributed by atoms with E-state index in [0.717, 1.165) is 0 Å². The molecule has 1 aromatic carbocycles. The van der Waals surface area contributed by atoms with Gasteiger partial charge in [-0.25, -0.2) is 4.68 Å². The minimum absolute atomic E-state index is 0.109. The lowest BCUT2D eigenvalue weighted by Crippen LogP contribution is -2.18. The van der Waals surface area contributed by atoms with Gasteiger partial charge >= 0.3 is 0 Å². The fourth-order valence-corrected chi connectivity index (χ4v) is 2.23. The second-order valence-electron chi connectivity index (χ2n) is 7.18. The zero-order chi connectivity index (χ0) is 14.3. The molecular weight excluding hydrogens is 232 g/mol. The summed E-state index contributed by atoms with van der Waals surface area (Å²) in [5.74, 6) is 0. The third-order valence-corrected chi connectivity index (χ3v) is 3.42. The lowest BCUT2D eigenvalue weighted by Gasteiger charge is -2.26. The summed E-state index contributed by atoms with van der Waals surface area (Å²) in [5, 5.41) is 4.40. The highest BCUT2D eigenvalue weighted by molar-refractivity contribution is 5.48. The maximum atomic E-state index is 4.40. The highest BCUT2D eigenvalue weighted by Gasteiger charge is 2.22. The first-order valence-electron chi connectivity index (χ1n) is 6.84. The van der Waals surface area contributed by atoms with Gasteiger partial charge in [-0.05, 0) is 34.1 Å². The first-order chi connectivity index (χ1) is 8.69. The Bertz CT molecular complexity index is 552. The first kappa shape index (κ1) is 13.9. The Morgan fingerprint density at radius 1 is 0.947 bits per heavy atom. The molecule has 2 aromatic rings. The van der Waals surface area contributed by atoms with Crippen LogP contribution in [0.25, 0.3) is 5.69 Å². The molecule has 102 valence electrons. The van der Waals surface area contributed by atoms with Crippen molar-refractivity contribution in [3.8, 4) is 5.69 Å². The van der Waals surface area contributed by atoms with Crippen molar-refractivity contribution in [1.82, 2.24) is 9.78 Å². The van der Waals surface area contributed by atoms with Crippen LogP contribution in [0.15, 0.2) is 36.7 Å². The predicted molar refractivity (Wildman–Crippen MR) is 81.0 cm³/mol. The highest BCUT2D eigenvalue weighted by atomic mass is 15.3. The smallest absolute Gasteiger partial charge is 0.0685 e. The van der Waals surface area contributed by atoms with E-state index in [1.807, 2.05) is 23.1 Å². The SMILES string of the molecule is CC(C)(C)c1ccc(C(C)(C)C)c(-n2cccn2)c1. The van der Waals surface area contributed by atoms with Crippen LogP contribution < -0.4 is 0 Å².